The second kappa shape index (κ2) is 8.19. The first-order valence-corrected chi connectivity index (χ1v) is 11.1. The maximum Gasteiger partial charge on any atom is 0.406 e. The maximum atomic E-state index is 14.5. The Bertz CT molecular complexity index is 1310. The molecule has 0 unspecified atom stereocenters. The standard InChI is InChI=1S/C24H22F4N4O2/c25-19-7-6-14(11-20-16-4-1-2-5-17(16)21(33)31-30-20)10-18(19)22(34)32-12-15(13-32)29-23(8-3-9-23)24(26,27)28/h1-2,4-7,10,15,29H,3,8-9,11-13H2,(H,31,33). The van der Waals surface area contributed by atoms with Gasteiger partial charge in [-0.15, -0.1) is 0 Å². The zero-order chi connectivity index (χ0) is 24.1. The summed E-state index contributed by atoms with van der Waals surface area (Å²) in [5.41, 5.74) is -1.13. The molecular weight excluding hydrogens is 452 g/mol. The van der Waals surface area contributed by atoms with E-state index in [2.05, 4.69) is 15.5 Å². The number of aromatic amines is 1. The molecule has 6 nitrogen and oxygen atoms in total. The summed E-state index contributed by atoms with van der Waals surface area (Å²) in [4.78, 5) is 26.2. The fourth-order valence-corrected chi connectivity index (χ4v) is 4.68. The molecule has 2 N–H and O–H groups in total. The summed E-state index contributed by atoms with van der Waals surface area (Å²) in [6.07, 6.45) is -3.50. The molecule has 178 valence electrons. The van der Waals surface area contributed by atoms with Crippen molar-refractivity contribution in [2.24, 2.45) is 0 Å². The van der Waals surface area contributed by atoms with Crippen LogP contribution in [-0.4, -0.2) is 51.9 Å². The van der Waals surface area contributed by atoms with Gasteiger partial charge < -0.3 is 4.90 Å². The summed E-state index contributed by atoms with van der Waals surface area (Å²) in [5.74, 6) is -1.26. The normalized spacial score (nSPS) is 17.9. The number of halogens is 4. The molecule has 1 saturated carbocycles. The molecular formula is C24H22F4N4O2. The number of benzene rings is 2. The number of hydrogen-bond acceptors (Lipinski definition) is 4. The fourth-order valence-electron chi connectivity index (χ4n) is 4.68. The zero-order valence-corrected chi connectivity index (χ0v) is 18.1. The van der Waals surface area contributed by atoms with E-state index < -0.39 is 29.5 Å². The molecule has 0 radical (unpaired) electrons. The van der Waals surface area contributed by atoms with Crippen molar-refractivity contribution in [2.45, 2.75) is 43.4 Å². The molecule has 1 aliphatic carbocycles. The predicted molar refractivity (Wildman–Crippen MR) is 117 cm³/mol. The number of carbonyl (C=O) groups is 1. The van der Waals surface area contributed by atoms with Crippen LogP contribution < -0.4 is 10.9 Å². The number of likely N-dealkylation sites (tertiary alicyclic amines) is 1. The fraction of sp³-hybridized carbons (Fsp3) is 0.375. The van der Waals surface area contributed by atoms with E-state index in [1.807, 2.05) is 0 Å². The molecule has 0 spiro atoms. The van der Waals surface area contributed by atoms with Crippen LogP contribution in [0.15, 0.2) is 47.3 Å². The minimum Gasteiger partial charge on any atom is -0.335 e. The highest BCUT2D eigenvalue weighted by Gasteiger charge is 2.59. The van der Waals surface area contributed by atoms with Crippen LogP contribution >= 0.6 is 0 Å². The third-order valence-electron chi connectivity index (χ3n) is 6.81. The molecule has 0 atom stereocenters. The van der Waals surface area contributed by atoms with Gasteiger partial charge in [0.15, 0.2) is 0 Å². The summed E-state index contributed by atoms with van der Waals surface area (Å²) < 4.78 is 54.6. The third-order valence-corrected chi connectivity index (χ3v) is 6.81. The van der Waals surface area contributed by atoms with E-state index in [0.29, 0.717) is 28.5 Å². The Morgan fingerprint density at radius 1 is 1.15 bits per heavy atom. The number of H-pyrrole nitrogens is 1. The molecule has 2 aromatic carbocycles. The van der Waals surface area contributed by atoms with Gasteiger partial charge in [0.1, 0.15) is 11.4 Å². The molecule has 3 aromatic rings. The molecule has 10 heteroatoms. The van der Waals surface area contributed by atoms with Gasteiger partial charge in [0.25, 0.3) is 11.5 Å². The van der Waals surface area contributed by atoms with Gasteiger partial charge in [0.2, 0.25) is 0 Å². The van der Waals surface area contributed by atoms with Gasteiger partial charge in [-0.2, -0.15) is 18.3 Å². The molecule has 2 fully saturated rings. The molecule has 34 heavy (non-hydrogen) atoms. The van der Waals surface area contributed by atoms with Crippen molar-refractivity contribution in [2.75, 3.05) is 13.1 Å². The van der Waals surface area contributed by atoms with Crippen molar-refractivity contribution in [3.05, 3.63) is 75.5 Å². The number of carbonyl (C=O) groups excluding carboxylic acids is 1. The predicted octanol–water partition coefficient (Wildman–Crippen LogP) is 3.55. The number of hydrogen-bond donors (Lipinski definition) is 2. The average Bonchev–Trinajstić information content (AvgIpc) is 2.74. The lowest BCUT2D eigenvalue weighted by Crippen LogP contribution is -2.71. The Morgan fingerprint density at radius 2 is 1.85 bits per heavy atom. The van der Waals surface area contributed by atoms with Crippen LogP contribution in [0.2, 0.25) is 0 Å². The monoisotopic (exact) mass is 474 g/mol. The Hall–Kier alpha value is -3.27. The molecule has 5 rings (SSSR count). The summed E-state index contributed by atoms with van der Waals surface area (Å²) in [6, 6.07) is 10.7. The molecule has 1 amide bonds. The maximum absolute atomic E-state index is 14.5. The first-order chi connectivity index (χ1) is 16.2. The Kier molecular flexibility index (Phi) is 5.43. The van der Waals surface area contributed by atoms with Crippen molar-refractivity contribution in [1.29, 1.82) is 0 Å². The minimum atomic E-state index is -4.34. The largest absolute Gasteiger partial charge is 0.406 e. The molecule has 1 saturated heterocycles. The average molecular weight is 474 g/mol. The van der Waals surface area contributed by atoms with E-state index in [1.54, 1.807) is 24.3 Å². The van der Waals surface area contributed by atoms with Crippen LogP contribution in [0.4, 0.5) is 17.6 Å². The molecule has 1 aliphatic heterocycles. The highest BCUT2D eigenvalue weighted by Crippen LogP contribution is 2.45. The molecule has 0 bridgehead atoms. The first-order valence-electron chi connectivity index (χ1n) is 11.1. The van der Waals surface area contributed by atoms with Gasteiger partial charge >= 0.3 is 6.18 Å². The van der Waals surface area contributed by atoms with Gasteiger partial charge in [0.05, 0.1) is 16.6 Å². The van der Waals surface area contributed by atoms with Gasteiger partial charge in [-0.1, -0.05) is 24.3 Å². The van der Waals surface area contributed by atoms with E-state index in [9.17, 15) is 27.2 Å². The van der Waals surface area contributed by atoms with Gasteiger partial charge in [0, 0.05) is 30.9 Å². The summed E-state index contributed by atoms with van der Waals surface area (Å²) in [5, 5.41) is 10.4. The number of alkyl halides is 3. The number of amides is 1. The lowest BCUT2D eigenvalue weighted by atomic mass is 9.75. The number of nitrogens with zero attached hydrogens (tertiary/aromatic N) is 2. The van der Waals surface area contributed by atoms with Crippen LogP contribution in [0.5, 0.6) is 0 Å². The molecule has 2 aliphatic rings. The van der Waals surface area contributed by atoms with Crippen molar-refractivity contribution >= 4 is 16.7 Å². The van der Waals surface area contributed by atoms with Crippen LogP contribution in [0.25, 0.3) is 10.8 Å². The number of nitrogens with one attached hydrogen (secondary N) is 2. The van der Waals surface area contributed by atoms with Crippen LogP contribution in [0, 0.1) is 5.82 Å². The quantitative estimate of drug-likeness (QED) is 0.555. The number of fused-ring (bicyclic) bond motifs is 1. The second-order valence-corrected chi connectivity index (χ2v) is 9.02. The van der Waals surface area contributed by atoms with E-state index in [-0.39, 0.29) is 43.5 Å². The number of aromatic nitrogens is 2. The van der Waals surface area contributed by atoms with Crippen molar-refractivity contribution in [3.8, 4) is 0 Å². The van der Waals surface area contributed by atoms with Crippen LogP contribution in [0.1, 0.15) is 40.9 Å². The zero-order valence-electron chi connectivity index (χ0n) is 18.1. The topological polar surface area (TPSA) is 78.1 Å². The van der Waals surface area contributed by atoms with E-state index in [4.69, 9.17) is 0 Å². The van der Waals surface area contributed by atoms with Gasteiger partial charge in [-0.25, -0.2) is 9.49 Å². The smallest absolute Gasteiger partial charge is 0.335 e. The minimum absolute atomic E-state index is 0.0328. The first kappa shape index (κ1) is 22.5. The molecule has 1 aromatic heterocycles. The van der Waals surface area contributed by atoms with Crippen LogP contribution in [0.3, 0.4) is 0 Å². The van der Waals surface area contributed by atoms with Crippen molar-refractivity contribution < 1.29 is 22.4 Å². The Labute approximate surface area is 192 Å². The van der Waals surface area contributed by atoms with E-state index in [1.165, 1.54) is 23.1 Å². The van der Waals surface area contributed by atoms with Crippen molar-refractivity contribution in [3.63, 3.8) is 0 Å². The summed E-state index contributed by atoms with van der Waals surface area (Å²) >= 11 is 0. The lowest BCUT2D eigenvalue weighted by Gasteiger charge is -2.50. The second-order valence-electron chi connectivity index (χ2n) is 9.02. The van der Waals surface area contributed by atoms with E-state index >= 15 is 0 Å². The molecule has 2 heterocycles. The van der Waals surface area contributed by atoms with E-state index in [0.717, 1.165) is 0 Å². The van der Waals surface area contributed by atoms with Gasteiger partial charge in [-0.05, 0) is 43.0 Å². The SMILES string of the molecule is O=C(c1cc(Cc2n[nH]c(=O)c3ccccc23)ccc1F)N1CC(NC2(C(F)(F)F)CCC2)C1. The number of rotatable bonds is 5. The highest BCUT2D eigenvalue weighted by molar-refractivity contribution is 5.95. The highest BCUT2D eigenvalue weighted by atomic mass is 19.4. The Morgan fingerprint density at radius 3 is 2.50 bits per heavy atom. The summed E-state index contributed by atoms with van der Waals surface area (Å²) in [6.45, 7) is 0.179. The summed E-state index contributed by atoms with van der Waals surface area (Å²) in [7, 11) is 0. The third kappa shape index (κ3) is 3.85. The lowest BCUT2D eigenvalue weighted by molar-refractivity contribution is -0.223. The van der Waals surface area contributed by atoms with Gasteiger partial charge in [-0.3, -0.25) is 14.9 Å². The van der Waals surface area contributed by atoms with Crippen LogP contribution in [-0.2, 0) is 6.42 Å². The van der Waals surface area contributed by atoms with Crippen molar-refractivity contribution in [1.82, 2.24) is 20.4 Å². The Balaban J connectivity index is 1.30.